The second-order valence-corrected chi connectivity index (χ2v) is 6.60. The van der Waals surface area contributed by atoms with E-state index in [0.717, 1.165) is 17.7 Å². The Morgan fingerprint density at radius 3 is 2.55 bits per heavy atom. The highest BCUT2D eigenvalue weighted by Crippen LogP contribution is 2.21. The second-order valence-electron chi connectivity index (χ2n) is 5.65. The van der Waals surface area contributed by atoms with Crippen LogP contribution in [0.5, 0.6) is 0 Å². The Morgan fingerprint density at radius 1 is 1.23 bits per heavy atom. The number of piperazine rings is 1. The van der Waals surface area contributed by atoms with Crippen molar-refractivity contribution in [2.75, 3.05) is 32.7 Å². The van der Waals surface area contributed by atoms with E-state index in [9.17, 15) is 9.59 Å². The van der Waals surface area contributed by atoms with Crippen LogP contribution in [0.1, 0.15) is 22.5 Å². The largest absolute Gasteiger partial charge is 0.364 e. The van der Waals surface area contributed by atoms with Crippen molar-refractivity contribution >= 4 is 23.2 Å². The molecule has 2 atom stereocenters. The van der Waals surface area contributed by atoms with Crippen molar-refractivity contribution in [2.24, 2.45) is 5.73 Å². The fourth-order valence-corrected chi connectivity index (χ4v) is 3.64. The van der Waals surface area contributed by atoms with Crippen LogP contribution in [-0.4, -0.2) is 66.5 Å². The molecular formula is C15H21N3O3S. The van der Waals surface area contributed by atoms with Crippen molar-refractivity contribution in [3.63, 3.8) is 0 Å². The molecule has 1 aromatic heterocycles. The van der Waals surface area contributed by atoms with E-state index in [0.29, 0.717) is 32.7 Å². The third-order valence-corrected chi connectivity index (χ3v) is 5.11. The maximum Gasteiger partial charge on any atom is 0.264 e. The van der Waals surface area contributed by atoms with Crippen LogP contribution in [0.4, 0.5) is 0 Å². The summed E-state index contributed by atoms with van der Waals surface area (Å²) in [7, 11) is 0. The highest BCUT2D eigenvalue weighted by molar-refractivity contribution is 7.12. The summed E-state index contributed by atoms with van der Waals surface area (Å²) in [6, 6.07) is 3.72. The van der Waals surface area contributed by atoms with Crippen LogP contribution in [0.25, 0.3) is 0 Å². The molecule has 0 spiro atoms. The molecule has 3 rings (SSSR count). The number of amides is 2. The first-order chi connectivity index (χ1) is 10.7. The van der Waals surface area contributed by atoms with E-state index < -0.39 is 0 Å². The zero-order valence-electron chi connectivity index (χ0n) is 12.4. The van der Waals surface area contributed by atoms with Gasteiger partial charge in [0.2, 0.25) is 0 Å². The van der Waals surface area contributed by atoms with Gasteiger partial charge in [-0.2, -0.15) is 0 Å². The van der Waals surface area contributed by atoms with Crippen molar-refractivity contribution in [1.29, 1.82) is 0 Å². The van der Waals surface area contributed by atoms with Crippen molar-refractivity contribution in [3.05, 3.63) is 22.4 Å². The van der Waals surface area contributed by atoms with Gasteiger partial charge in [0, 0.05) is 32.7 Å². The highest BCUT2D eigenvalue weighted by atomic mass is 32.1. The minimum absolute atomic E-state index is 0.00986. The summed E-state index contributed by atoms with van der Waals surface area (Å²) in [6.45, 7) is 2.77. The molecule has 7 heteroatoms. The number of ether oxygens (including phenoxy) is 1. The van der Waals surface area contributed by atoms with E-state index in [1.54, 1.807) is 0 Å². The molecule has 0 unspecified atom stereocenters. The molecule has 3 heterocycles. The van der Waals surface area contributed by atoms with Gasteiger partial charge in [-0.15, -0.1) is 11.3 Å². The van der Waals surface area contributed by atoms with E-state index in [2.05, 4.69) is 0 Å². The molecule has 2 aliphatic heterocycles. The van der Waals surface area contributed by atoms with E-state index in [4.69, 9.17) is 10.5 Å². The first-order valence-corrected chi connectivity index (χ1v) is 8.54. The molecule has 22 heavy (non-hydrogen) atoms. The van der Waals surface area contributed by atoms with Gasteiger partial charge < -0.3 is 20.3 Å². The maximum absolute atomic E-state index is 12.4. The molecule has 1 aromatic rings. The molecule has 0 aliphatic carbocycles. The maximum atomic E-state index is 12.4. The molecule has 2 N–H and O–H groups in total. The number of nitrogens with two attached hydrogens (primary N) is 1. The summed E-state index contributed by atoms with van der Waals surface area (Å²) in [5.41, 5.74) is 5.58. The van der Waals surface area contributed by atoms with E-state index >= 15 is 0 Å². The Hall–Kier alpha value is -1.44. The lowest BCUT2D eigenvalue weighted by Crippen LogP contribution is -2.52. The molecule has 2 saturated heterocycles. The molecule has 0 saturated carbocycles. The predicted molar refractivity (Wildman–Crippen MR) is 83.8 cm³/mol. The number of nitrogens with zero attached hydrogens (tertiary/aromatic N) is 2. The summed E-state index contributed by atoms with van der Waals surface area (Å²) in [6.07, 6.45) is 1.25. The minimum Gasteiger partial charge on any atom is -0.364 e. The fraction of sp³-hybridized carbons (Fsp3) is 0.600. The molecule has 0 bridgehead atoms. The van der Waals surface area contributed by atoms with Gasteiger partial charge in [-0.3, -0.25) is 9.59 Å². The third kappa shape index (κ3) is 3.16. The summed E-state index contributed by atoms with van der Waals surface area (Å²) in [5.74, 6) is 0.0987. The average molecular weight is 323 g/mol. The summed E-state index contributed by atoms with van der Waals surface area (Å²) >= 11 is 1.45. The molecule has 2 fully saturated rings. The third-order valence-electron chi connectivity index (χ3n) is 4.26. The summed E-state index contributed by atoms with van der Waals surface area (Å²) in [4.78, 5) is 29.1. The molecule has 6 nitrogen and oxygen atoms in total. The van der Waals surface area contributed by atoms with Crippen molar-refractivity contribution in [2.45, 2.75) is 25.0 Å². The standard InChI is InChI=1S/C15H21N3O3S/c16-10-11-3-4-12(21-11)14(19)17-5-7-18(8-6-17)15(20)13-2-1-9-22-13/h1-2,9,11-12H,3-8,10,16H2/t11-,12+/m1/s1. The van der Waals surface area contributed by atoms with Gasteiger partial charge in [0.05, 0.1) is 11.0 Å². The van der Waals surface area contributed by atoms with Crippen LogP contribution in [0, 0.1) is 0 Å². The van der Waals surface area contributed by atoms with Gasteiger partial charge in [0.15, 0.2) is 0 Å². The van der Waals surface area contributed by atoms with Crippen LogP contribution in [-0.2, 0) is 9.53 Å². The monoisotopic (exact) mass is 323 g/mol. The number of carbonyl (C=O) groups excluding carboxylic acids is 2. The summed E-state index contributed by atoms with van der Waals surface area (Å²) < 4.78 is 5.66. The van der Waals surface area contributed by atoms with Gasteiger partial charge in [-0.1, -0.05) is 6.07 Å². The highest BCUT2D eigenvalue weighted by Gasteiger charge is 2.34. The molecular weight excluding hydrogens is 302 g/mol. The number of carbonyl (C=O) groups is 2. The number of hydrogen-bond acceptors (Lipinski definition) is 5. The SMILES string of the molecule is NC[C@H]1CC[C@@H](C(=O)N2CCN(C(=O)c3cccs3)CC2)O1. The van der Waals surface area contributed by atoms with Crippen LogP contribution in [0.2, 0.25) is 0 Å². The first kappa shape index (κ1) is 15.5. The van der Waals surface area contributed by atoms with Gasteiger partial charge in [-0.05, 0) is 24.3 Å². The van der Waals surface area contributed by atoms with Crippen LogP contribution in [0.3, 0.4) is 0 Å². The predicted octanol–water partition coefficient (Wildman–Crippen LogP) is 0.539. The van der Waals surface area contributed by atoms with Crippen LogP contribution < -0.4 is 5.73 Å². The van der Waals surface area contributed by atoms with Crippen LogP contribution in [0.15, 0.2) is 17.5 Å². The normalized spacial score (nSPS) is 25.5. The summed E-state index contributed by atoms with van der Waals surface area (Å²) in [5, 5.41) is 1.90. The zero-order valence-corrected chi connectivity index (χ0v) is 13.3. The van der Waals surface area contributed by atoms with Gasteiger partial charge >= 0.3 is 0 Å². The van der Waals surface area contributed by atoms with Crippen molar-refractivity contribution < 1.29 is 14.3 Å². The molecule has 0 radical (unpaired) electrons. The van der Waals surface area contributed by atoms with Gasteiger partial charge in [-0.25, -0.2) is 0 Å². The molecule has 120 valence electrons. The van der Waals surface area contributed by atoms with E-state index in [1.807, 2.05) is 27.3 Å². The molecule has 2 amide bonds. The Bertz CT molecular complexity index is 526. The smallest absolute Gasteiger partial charge is 0.264 e. The Balaban J connectivity index is 1.51. The van der Waals surface area contributed by atoms with Gasteiger partial charge in [0.25, 0.3) is 11.8 Å². The fourth-order valence-electron chi connectivity index (χ4n) is 2.95. The second kappa shape index (κ2) is 6.76. The number of rotatable bonds is 3. The minimum atomic E-state index is -0.354. The van der Waals surface area contributed by atoms with E-state index in [1.165, 1.54) is 11.3 Å². The molecule has 2 aliphatic rings. The first-order valence-electron chi connectivity index (χ1n) is 7.66. The van der Waals surface area contributed by atoms with Crippen LogP contribution >= 0.6 is 11.3 Å². The number of hydrogen-bond donors (Lipinski definition) is 1. The van der Waals surface area contributed by atoms with E-state index in [-0.39, 0.29) is 24.0 Å². The Kier molecular flexibility index (Phi) is 4.75. The lowest BCUT2D eigenvalue weighted by molar-refractivity contribution is -0.144. The van der Waals surface area contributed by atoms with Gasteiger partial charge in [0.1, 0.15) is 6.10 Å². The lowest BCUT2D eigenvalue weighted by atomic mass is 10.1. The quantitative estimate of drug-likeness (QED) is 0.881. The molecule has 0 aromatic carbocycles. The zero-order chi connectivity index (χ0) is 15.5. The van der Waals surface area contributed by atoms with Crippen molar-refractivity contribution in [3.8, 4) is 0 Å². The lowest BCUT2D eigenvalue weighted by Gasteiger charge is -2.35. The Morgan fingerprint density at radius 2 is 1.95 bits per heavy atom. The topological polar surface area (TPSA) is 75.9 Å². The average Bonchev–Trinajstić information content (AvgIpc) is 3.25. The van der Waals surface area contributed by atoms with Crippen molar-refractivity contribution in [1.82, 2.24) is 9.80 Å². The number of thiophene rings is 1. The Labute approximate surface area is 133 Å².